The molecule has 0 amide bonds. The second kappa shape index (κ2) is 5.97. The third-order valence-corrected chi connectivity index (χ3v) is 8.19. The number of allylic oxidation sites excluding steroid dienone is 2. The number of rotatable bonds is 1. The molecule has 26 heavy (non-hydrogen) atoms. The number of Topliss-reactive ketones (excluding diaryl/α,β-unsaturated/α-hetero) is 1. The van der Waals surface area contributed by atoms with Crippen LogP contribution in [0.15, 0.2) is 23.5 Å². The molecule has 0 aromatic heterocycles. The third-order valence-electron chi connectivity index (χ3n) is 8.19. The Kier molecular flexibility index (Phi) is 4.09. The van der Waals surface area contributed by atoms with Crippen molar-refractivity contribution in [3.63, 3.8) is 0 Å². The monoisotopic (exact) mass is 358 g/mol. The number of esters is 1. The number of hydrogen-bond acceptors (Lipinski definition) is 4. The summed E-state index contributed by atoms with van der Waals surface area (Å²) in [6.45, 7) is 6.00. The van der Waals surface area contributed by atoms with E-state index in [2.05, 4.69) is 19.9 Å². The van der Waals surface area contributed by atoms with E-state index in [0.717, 1.165) is 51.2 Å². The van der Waals surface area contributed by atoms with Crippen LogP contribution in [0.25, 0.3) is 0 Å². The summed E-state index contributed by atoms with van der Waals surface area (Å²) < 4.78 is 5.49. The first-order valence-corrected chi connectivity index (χ1v) is 10.0. The van der Waals surface area contributed by atoms with Gasteiger partial charge in [0.1, 0.15) is 6.10 Å². The lowest BCUT2D eigenvalue weighted by molar-refractivity contribution is -0.148. The fraction of sp³-hybridized carbons (Fsp3) is 0.727. The molecule has 0 bridgehead atoms. The molecule has 3 fully saturated rings. The van der Waals surface area contributed by atoms with Crippen molar-refractivity contribution in [2.45, 2.75) is 71.8 Å². The van der Waals surface area contributed by atoms with Crippen molar-refractivity contribution in [1.82, 2.24) is 0 Å². The fourth-order valence-corrected chi connectivity index (χ4v) is 6.75. The minimum atomic E-state index is -0.299. The standard InChI is InChI=1S/C22H30O4/c1-13(24)26-16-6-8-21(2)15(11-16)4-5-17-18(21)7-9-22(3)19(17)10-14(12-23)20(22)25/h4,12,16-19,23H,5-11H2,1-3H3/t16-,17?,18?,19?,21+,22+/m1/s1. The van der Waals surface area contributed by atoms with Crippen LogP contribution in [0.3, 0.4) is 0 Å². The molecule has 0 radical (unpaired) electrons. The molecule has 3 unspecified atom stereocenters. The molecule has 0 saturated heterocycles. The van der Waals surface area contributed by atoms with Crippen LogP contribution in [0, 0.1) is 28.6 Å². The zero-order chi connectivity index (χ0) is 18.7. The molecule has 4 aliphatic carbocycles. The third kappa shape index (κ3) is 2.40. The highest BCUT2D eigenvalue weighted by atomic mass is 16.5. The Bertz CT molecular complexity index is 705. The Morgan fingerprint density at radius 1 is 1.19 bits per heavy atom. The molecule has 6 atom stereocenters. The topological polar surface area (TPSA) is 63.6 Å². The van der Waals surface area contributed by atoms with Crippen molar-refractivity contribution in [2.24, 2.45) is 28.6 Å². The van der Waals surface area contributed by atoms with Crippen molar-refractivity contribution >= 4 is 11.8 Å². The van der Waals surface area contributed by atoms with Crippen molar-refractivity contribution < 1.29 is 19.4 Å². The summed E-state index contributed by atoms with van der Waals surface area (Å²) in [7, 11) is 0. The molecule has 0 spiro atoms. The Labute approximate surface area is 155 Å². The van der Waals surface area contributed by atoms with E-state index in [1.54, 1.807) is 0 Å². The molecule has 0 aromatic rings. The van der Waals surface area contributed by atoms with Gasteiger partial charge in [0.15, 0.2) is 5.78 Å². The Balaban J connectivity index is 1.62. The van der Waals surface area contributed by atoms with Gasteiger partial charge in [0.05, 0.1) is 6.26 Å². The highest BCUT2D eigenvalue weighted by Gasteiger charge is 2.60. The highest BCUT2D eigenvalue weighted by molar-refractivity contribution is 6.02. The highest BCUT2D eigenvalue weighted by Crippen LogP contribution is 2.64. The smallest absolute Gasteiger partial charge is 0.302 e. The maximum Gasteiger partial charge on any atom is 0.302 e. The van der Waals surface area contributed by atoms with Crippen LogP contribution >= 0.6 is 0 Å². The van der Waals surface area contributed by atoms with Gasteiger partial charge in [-0.1, -0.05) is 25.5 Å². The van der Waals surface area contributed by atoms with Crippen molar-refractivity contribution in [2.75, 3.05) is 0 Å². The van der Waals surface area contributed by atoms with Crippen LogP contribution < -0.4 is 0 Å². The van der Waals surface area contributed by atoms with Crippen LogP contribution in [-0.2, 0) is 14.3 Å². The van der Waals surface area contributed by atoms with Crippen LogP contribution in [-0.4, -0.2) is 23.0 Å². The molecule has 4 rings (SSSR count). The zero-order valence-electron chi connectivity index (χ0n) is 16.1. The predicted octanol–water partition coefficient (Wildman–Crippen LogP) is 4.50. The van der Waals surface area contributed by atoms with E-state index in [1.807, 2.05) is 0 Å². The van der Waals surface area contributed by atoms with E-state index in [4.69, 9.17) is 4.74 Å². The summed E-state index contributed by atoms with van der Waals surface area (Å²) in [6.07, 6.45) is 10.0. The Morgan fingerprint density at radius 2 is 1.92 bits per heavy atom. The van der Waals surface area contributed by atoms with E-state index >= 15 is 0 Å². The quantitative estimate of drug-likeness (QED) is 0.324. The number of carbonyl (C=O) groups excluding carboxylic acids is 2. The Hall–Kier alpha value is -1.58. The van der Waals surface area contributed by atoms with Gasteiger partial charge in [-0.2, -0.15) is 0 Å². The molecule has 0 aromatic carbocycles. The molecular weight excluding hydrogens is 328 g/mol. The van der Waals surface area contributed by atoms with Gasteiger partial charge in [-0.3, -0.25) is 9.59 Å². The number of ether oxygens (including phenoxy) is 1. The second-order valence-electron chi connectivity index (χ2n) is 9.38. The molecule has 142 valence electrons. The van der Waals surface area contributed by atoms with Gasteiger partial charge in [0.25, 0.3) is 0 Å². The zero-order valence-corrected chi connectivity index (χ0v) is 16.1. The molecule has 4 nitrogen and oxygen atoms in total. The molecular formula is C22H30O4. The van der Waals surface area contributed by atoms with Crippen LogP contribution in [0.2, 0.25) is 0 Å². The van der Waals surface area contributed by atoms with Gasteiger partial charge in [-0.15, -0.1) is 0 Å². The number of ketones is 1. The van der Waals surface area contributed by atoms with Gasteiger partial charge < -0.3 is 9.84 Å². The molecule has 4 heteroatoms. The number of hydrogen-bond donors (Lipinski definition) is 1. The van der Waals surface area contributed by atoms with Gasteiger partial charge in [-0.05, 0) is 61.7 Å². The van der Waals surface area contributed by atoms with Gasteiger partial charge in [-0.25, -0.2) is 0 Å². The normalized spacial score (nSPS) is 46.2. The summed E-state index contributed by atoms with van der Waals surface area (Å²) in [4.78, 5) is 24.1. The lowest BCUT2D eigenvalue weighted by Crippen LogP contribution is -2.50. The first-order valence-electron chi connectivity index (χ1n) is 10.0. The Morgan fingerprint density at radius 3 is 2.62 bits per heavy atom. The summed E-state index contributed by atoms with van der Waals surface area (Å²) in [5, 5.41) is 9.50. The average molecular weight is 358 g/mol. The van der Waals surface area contributed by atoms with Crippen LogP contribution in [0.4, 0.5) is 0 Å². The van der Waals surface area contributed by atoms with E-state index in [9.17, 15) is 14.7 Å². The first kappa shape index (κ1) is 17.8. The van der Waals surface area contributed by atoms with E-state index in [1.165, 1.54) is 12.5 Å². The van der Waals surface area contributed by atoms with Crippen molar-refractivity contribution in [3.05, 3.63) is 23.5 Å². The summed E-state index contributed by atoms with van der Waals surface area (Å²) in [5.41, 5.74) is 1.95. The first-order chi connectivity index (χ1) is 12.3. The SMILES string of the molecule is CC(=O)O[C@@H]1CC[C@@]2(C)C(=CCC3C2CC[C@]2(C)C(=O)C(=CO)CC32)C1. The van der Waals surface area contributed by atoms with Crippen LogP contribution in [0.5, 0.6) is 0 Å². The van der Waals surface area contributed by atoms with E-state index in [0.29, 0.717) is 23.3 Å². The maximum absolute atomic E-state index is 12.8. The minimum absolute atomic E-state index is 0.0224. The second-order valence-corrected chi connectivity index (χ2v) is 9.38. The molecule has 0 aliphatic heterocycles. The number of aliphatic hydroxyl groups excluding tert-OH is 1. The predicted molar refractivity (Wildman–Crippen MR) is 98.4 cm³/mol. The largest absolute Gasteiger partial charge is 0.515 e. The maximum atomic E-state index is 12.8. The van der Waals surface area contributed by atoms with Crippen LogP contribution in [0.1, 0.15) is 65.7 Å². The van der Waals surface area contributed by atoms with Gasteiger partial charge in [0.2, 0.25) is 0 Å². The lowest BCUT2D eigenvalue weighted by atomic mass is 9.48. The number of aliphatic hydroxyl groups is 1. The van der Waals surface area contributed by atoms with E-state index in [-0.39, 0.29) is 28.7 Å². The molecule has 4 aliphatic rings. The average Bonchev–Trinajstić information content (AvgIpc) is 2.86. The van der Waals surface area contributed by atoms with Gasteiger partial charge >= 0.3 is 5.97 Å². The summed E-state index contributed by atoms with van der Waals surface area (Å²) in [5.74, 6) is 1.42. The summed E-state index contributed by atoms with van der Waals surface area (Å²) >= 11 is 0. The van der Waals surface area contributed by atoms with Gasteiger partial charge in [0, 0.05) is 24.3 Å². The molecule has 3 saturated carbocycles. The van der Waals surface area contributed by atoms with E-state index < -0.39 is 0 Å². The van der Waals surface area contributed by atoms with Crippen molar-refractivity contribution in [1.29, 1.82) is 0 Å². The minimum Gasteiger partial charge on any atom is -0.515 e. The lowest BCUT2D eigenvalue weighted by Gasteiger charge is -2.56. The number of carbonyl (C=O) groups is 2. The number of fused-ring (bicyclic) bond motifs is 5. The fourth-order valence-electron chi connectivity index (χ4n) is 6.75. The summed E-state index contributed by atoms with van der Waals surface area (Å²) in [6, 6.07) is 0. The molecule has 0 heterocycles. The molecule has 1 N–H and O–H groups in total. The van der Waals surface area contributed by atoms with Crippen molar-refractivity contribution in [3.8, 4) is 0 Å².